The average Bonchev–Trinajstić information content (AvgIpc) is 2.37. The van der Waals surface area contributed by atoms with Crippen LogP contribution in [0.25, 0.3) is 0 Å². The summed E-state index contributed by atoms with van der Waals surface area (Å²) >= 11 is 0. The van der Waals surface area contributed by atoms with Crippen molar-refractivity contribution >= 4 is 5.91 Å². The quantitative estimate of drug-likeness (QED) is 0.831. The van der Waals surface area contributed by atoms with E-state index < -0.39 is 0 Å². The second-order valence-electron chi connectivity index (χ2n) is 4.36. The first kappa shape index (κ1) is 14.1. The van der Waals surface area contributed by atoms with Gasteiger partial charge >= 0.3 is 0 Å². The SMILES string of the molecule is Cc1nc(C(=O)NC(C)C(C)CO)ccc1C#N. The first-order valence-corrected chi connectivity index (χ1v) is 5.79. The number of rotatable bonds is 4. The summed E-state index contributed by atoms with van der Waals surface area (Å²) in [5.74, 6) is -0.316. The summed E-state index contributed by atoms with van der Waals surface area (Å²) in [4.78, 5) is 16.0. The van der Waals surface area contributed by atoms with Crippen LogP contribution in [0.4, 0.5) is 0 Å². The Labute approximate surface area is 106 Å². The molecule has 2 unspecified atom stereocenters. The highest BCUT2D eigenvalue weighted by Crippen LogP contribution is 2.07. The Kier molecular flexibility index (Phi) is 4.81. The van der Waals surface area contributed by atoms with Crippen molar-refractivity contribution in [3.05, 3.63) is 29.1 Å². The van der Waals surface area contributed by atoms with Crippen LogP contribution in [0.2, 0.25) is 0 Å². The molecule has 0 spiro atoms. The second kappa shape index (κ2) is 6.12. The predicted molar refractivity (Wildman–Crippen MR) is 66.9 cm³/mol. The highest BCUT2D eigenvalue weighted by molar-refractivity contribution is 5.92. The molecule has 0 aliphatic carbocycles. The van der Waals surface area contributed by atoms with Crippen molar-refractivity contribution < 1.29 is 9.90 Å². The number of hydrogen-bond acceptors (Lipinski definition) is 4. The van der Waals surface area contributed by atoms with Crippen molar-refractivity contribution in [3.8, 4) is 6.07 Å². The highest BCUT2D eigenvalue weighted by atomic mass is 16.3. The fourth-order valence-corrected chi connectivity index (χ4v) is 1.39. The van der Waals surface area contributed by atoms with E-state index in [0.29, 0.717) is 11.3 Å². The van der Waals surface area contributed by atoms with E-state index in [1.54, 1.807) is 13.0 Å². The number of carbonyl (C=O) groups excluding carboxylic acids is 1. The van der Waals surface area contributed by atoms with Crippen LogP contribution in [-0.2, 0) is 0 Å². The molecule has 1 heterocycles. The average molecular weight is 247 g/mol. The number of aromatic nitrogens is 1. The van der Waals surface area contributed by atoms with Gasteiger partial charge in [0.25, 0.3) is 5.91 Å². The molecule has 5 nitrogen and oxygen atoms in total. The molecule has 1 rings (SSSR count). The zero-order chi connectivity index (χ0) is 13.7. The Hall–Kier alpha value is -1.93. The number of pyridine rings is 1. The monoisotopic (exact) mass is 247 g/mol. The van der Waals surface area contributed by atoms with Crippen molar-refractivity contribution in [3.63, 3.8) is 0 Å². The number of aliphatic hydroxyl groups is 1. The Balaban J connectivity index is 2.80. The van der Waals surface area contributed by atoms with E-state index in [-0.39, 0.29) is 30.2 Å². The van der Waals surface area contributed by atoms with E-state index in [2.05, 4.69) is 10.3 Å². The minimum absolute atomic E-state index is 0.0152. The van der Waals surface area contributed by atoms with E-state index >= 15 is 0 Å². The summed E-state index contributed by atoms with van der Waals surface area (Å²) < 4.78 is 0. The van der Waals surface area contributed by atoms with Gasteiger partial charge in [-0.05, 0) is 31.9 Å². The largest absolute Gasteiger partial charge is 0.396 e. The molecule has 0 fully saturated rings. The standard InChI is InChI=1S/C13H17N3O2/c1-8(7-17)9(2)16-13(18)12-5-4-11(6-14)10(3)15-12/h4-5,8-9,17H,7H2,1-3H3,(H,16,18). The van der Waals surface area contributed by atoms with E-state index in [1.165, 1.54) is 6.07 Å². The van der Waals surface area contributed by atoms with Crippen LogP contribution in [0.1, 0.15) is 35.6 Å². The number of nitrogens with one attached hydrogen (secondary N) is 1. The Morgan fingerprint density at radius 2 is 2.22 bits per heavy atom. The molecular formula is C13H17N3O2. The van der Waals surface area contributed by atoms with Crippen LogP contribution < -0.4 is 5.32 Å². The molecule has 0 radical (unpaired) electrons. The normalized spacial score (nSPS) is 13.5. The van der Waals surface area contributed by atoms with Gasteiger partial charge in [0.2, 0.25) is 0 Å². The lowest BCUT2D eigenvalue weighted by Crippen LogP contribution is -2.38. The lowest BCUT2D eigenvalue weighted by Gasteiger charge is -2.19. The minimum atomic E-state index is -0.296. The molecular weight excluding hydrogens is 230 g/mol. The van der Waals surface area contributed by atoms with Gasteiger partial charge in [-0.15, -0.1) is 0 Å². The summed E-state index contributed by atoms with van der Waals surface area (Å²) in [5, 5.41) is 20.5. The lowest BCUT2D eigenvalue weighted by molar-refractivity contribution is 0.0911. The summed E-state index contributed by atoms with van der Waals surface area (Å²) in [6, 6.07) is 4.97. The van der Waals surface area contributed by atoms with Gasteiger partial charge in [-0.1, -0.05) is 6.92 Å². The van der Waals surface area contributed by atoms with Gasteiger partial charge < -0.3 is 10.4 Å². The second-order valence-corrected chi connectivity index (χ2v) is 4.36. The first-order valence-electron chi connectivity index (χ1n) is 5.79. The smallest absolute Gasteiger partial charge is 0.270 e. The van der Waals surface area contributed by atoms with Crippen LogP contribution in [0.5, 0.6) is 0 Å². The molecule has 1 aromatic rings. The fourth-order valence-electron chi connectivity index (χ4n) is 1.39. The van der Waals surface area contributed by atoms with Gasteiger partial charge in [0.15, 0.2) is 0 Å². The molecule has 1 amide bonds. The Morgan fingerprint density at radius 1 is 1.56 bits per heavy atom. The third-order valence-corrected chi connectivity index (χ3v) is 2.94. The summed E-state index contributed by atoms with van der Waals surface area (Å²) in [6.45, 7) is 5.38. The number of carbonyl (C=O) groups is 1. The van der Waals surface area contributed by atoms with Gasteiger partial charge in [0, 0.05) is 12.6 Å². The van der Waals surface area contributed by atoms with Crippen LogP contribution in [0.15, 0.2) is 12.1 Å². The van der Waals surface area contributed by atoms with Crippen LogP contribution >= 0.6 is 0 Å². The number of hydrogen-bond donors (Lipinski definition) is 2. The van der Waals surface area contributed by atoms with Gasteiger partial charge in [-0.3, -0.25) is 4.79 Å². The van der Waals surface area contributed by atoms with Gasteiger partial charge in [0.1, 0.15) is 11.8 Å². The first-order chi connectivity index (χ1) is 8.49. The third kappa shape index (κ3) is 3.28. The van der Waals surface area contributed by atoms with Crippen LogP contribution in [0.3, 0.4) is 0 Å². The van der Waals surface area contributed by atoms with E-state index in [9.17, 15) is 4.79 Å². The fraction of sp³-hybridized carbons (Fsp3) is 0.462. The predicted octanol–water partition coefficient (Wildman–Crippen LogP) is 1.01. The molecule has 0 aliphatic heterocycles. The molecule has 2 N–H and O–H groups in total. The molecule has 0 aromatic carbocycles. The molecule has 0 saturated carbocycles. The van der Waals surface area contributed by atoms with Crippen molar-refractivity contribution in [2.24, 2.45) is 5.92 Å². The lowest BCUT2D eigenvalue weighted by atomic mass is 10.1. The molecule has 0 bridgehead atoms. The van der Waals surface area contributed by atoms with E-state index in [4.69, 9.17) is 10.4 Å². The minimum Gasteiger partial charge on any atom is -0.396 e. The highest BCUT2D eigenvalue weighted by Gasteiger charge is 2.16. The summed E-state index contributed by atoms with van der Waals surface area (Å²) in [5.41, 5.74) is 1.28. The van der Waals surface area contributed by atoms with Gasteiger partial charge in [0.05, 0.1) is 11.3 Å². The summed E-state index contributed by atoms with van der Waals surface area (Å²) in [7, 11) is 0. The number of nitrogens with zero attached hydrogens (tertiary/aromatic N) is 2. The van der Waals surface area contributed by atoms with Crippen LogP contribution in [-0.4, -0.2) is 28.6 Å². The molecule has 2 atom stereocenters. The van der Waals surface area contributed by atoms with Crippen molar-refractivity contribution in [1.82, 2.24) is 10.3 Å². The number of aliphatic hydroxyl groups excluding tert-OH is 1. The van der Waals surface area contributed by atoms with Crippen LogP contribution in [0, 0.1) is 24.2 Å². The molecule has 0 saturated heterocycles. The Morgan fingerprint density at radius 3 is 2.72 bits per heavy atom. The molecule has 5 heteroatoms. The van der Waals surface area contributed by atoms with Crippen molar-refractivity contribution in [2.45, 2.75) is 26.8 Å². The van der Waals surface area contributed by atoms with E-state index in [0.717, 1.165) is 0 Å². The topological polar surface area (TPSA) is 86.0 Å². The maximum atomic E-state index is 11.9. The Bertz CT molecular complexity index is 480. The van der Waals surface area contributed by atoms with Gasteiger partial charge in [-0.2, -0.15) is 5.26 Å². The molecule has 96 valence electrons. The zero-order valence-corrected chi connectivity index (χ0v) is 10.8. The third-order valence-electron chi connectivity index (χ3n) is 2.94. The maximum Gasteiger partial charge on any atom is 0.270 e. The number of aryl methyl sites for hydroxylation is 1. The van der Waals surface area contributed by atoms with Gasteiger partial charge in [-0.25, -0.2) is 4.98 Å². The zero-order valence-electron chi connectivity index (χ0n) is 10.8. The summed E-state index contributed by atoms with van der Waals surface area (Å²) in [6.07, 6.45) is 0. The maximum absolute atomic E-state index is 11.9. The van der Waals surface area contributed by atoms with Crippen molar-refractivity contribution in [1.29, 1.82) is 5.26 Å². The van der Waals surface area contributed by atoms with Crippen molar-refractivity contribution in [2.75, 3.05) is 6.61 Å². The number of amides is 1. The van der Waals surface area contributed by atoms with E-state index in [1.807, 2.05) is 19.9 Å². The molecule has 1 aromatic heterocycles. The molecule has 18 heavy (non-hydrogen) atoms. The number of nitriles is 1. The molecule has 0 aliphatic rings.